The molecule has 2 N–H and O–H groups in total. The van der Waals surface area contributed by atoms with Crippen molar-refractivity contribution in [2.75, 3.05) is 21.3 Å². The Balaban J connectivity index is 2.10. The van der Waals surface area contributed by atoms with Gasteiger partial charge in [-0.05, 0) is 18.2 Å². The number of nitrogens with two attached hydrogens (primary N) is 1. The zero-order chi connectivity index (χ0) is 21.4. The number of allylic oxidation sites excluding steroid dienone is 1. The average molecular weight is 406 g/mol. The first kappa shape index (κ1) is 19.2. The second-order valence-electron chi connectivity index (χ2n) is 6.50. The Morgan fingerprint density at radius 1 is 1.03 bits per heavy atom. The molecule has 8 nitrogen and oxygen atoms in total. The van der Waals surface area contributed by atoms with Crippen molar-refractivity contribution in [1.82, 2.24) is 0 Å². The highest BCUT2D eigenvalue weighted by Crippen LogP contribution is 2.48. The number of ether oxygens (including phenoxy) is 4. The third kappa shape index (κ3) is 2.79. The maximum absolute atomic E-state index is 13.0. The zero-order valence-corrected chi connectivity index (χ0v) is 16.5. The lowest BCUT2D eigenvalue weighted by molar-refractivity contribution is 0.346. The average Bonchev–Trinajstić information content (AvgIpc) is 2.77. The van der Waals surface area contributed by atoms with Gasteiger partial charge in [0.2, 0.25) is 5.88 Å². The van der Waals surface area contributed by atoms with Gasteiger partial charge in [-0.25, -0.2) is 4.79 Å². The lowest BCUT2D eigenvalue weighted by Crippen LogP contribution is -2.26. The van der Waals surface area contributed by atoms with E-state index in [4.69, 9.17) is 29.1 Å². The van der Waals surface area contributed by atoms with Crippen molar-refractivity contribution in [1.29, 1.82) is 5.26 Å². The molecule has 2 aromatic carbocycles. The fourth-order valence-corrected chi connectivity index (χ4v) is 3.66. The van der Waals surface area contributed by atoms with Crippen LogP contribution in [0.2, 0.25) is 0 Å². The first-order chi connectivity index (χ1) is 14.5. The second kappa shape index (κ2) is 7.37. The minimum absolute atomic E-state index is 0.0654. The molecule has 0 saturated carbocycles. The van der Waals surface area contributed by atoms with Crippen molar-refractivity contribution in [2.24, 2.45) is 5.73 Å². The van der Waals surface area contributed by atoms with E-state index in [2.05, 4.69) is 6.07 Å². The van der Waals surface area contributed by atoms with Crippen molar-refractivity contribution in [3.63, 3.8) is 0 Å². The molecule has 1 unspecified atom stereocenters. The van der Waals surface area contributed by atoms with Crippen LogP contribution in [0, 0.1) is 11.3 Å². The fraction of sp³-hybridized carbons (Fsp3) is 0.182. The lowest BCUT2D eigenvalue weighted by atomic mass is 9.83. The molecule has 0 amide bonds. The summed E-state index contributed by atoms with van der Waals surface area (Å²) in [7, 11) is 4.47. The SMILES string of the molecule is COc1cc(OC)c(C2C(C#N)=C(N)Oc3c2c(=O)oc2ccccc32)cc1OC. The van der Waals surface area contributed by atoms with Crippen LogP contribution in [0.25, 0.3) is 11.0 Å². The maximum Gasteiger partial charge on any atom is 0.344 e. The number of hydrogen-bond acceptors (Lipinski definition) is 8. The third-order valence-corrected chi connectivity index (χ3v) is 5.02. The highest BCUT2D eigenvalue weighted by atomic mass is 16.5. The van der Waals surface area contributed by atoms with Gasteiger partial charge >= 0.3 is 5.63 Å². The minimum atomic E-state index is -0.880. The van der Waals surface area contributed by atoms with Gasteiger partial charge in [-0.2, -0.15) is 5.26 Å². The van der Waals surface area contributed by atoms with E-state index in [-0.39, 0.29) is 22.8 Å². The van der Waals surface area contributed by atoms with Crippen molar-refractivity contribution in [2.45, 2.75) is 5.92 Å². The molecule has 1 atom stereocenters. The van der Waals surface area contributed by atoms with E-state index in [0.717, 1.165) is 0 Å². The Hall–Kier alpha value is -4.12. The van der Waals surface area contributed by atoms with Crippen molar-refractivity contribution in [3.05, 3.63) is 69.4 Å². The van der Waals surface area contributed by atoms with Gasteiger partial charge in [0.25, 0.3) is 0 Å². The predicted octanol–water partition coefficient (Wildman–Crippen LogP) is 3.04. The molecule has 1 aliphatic rings. The Morgan fingerprint density at radius 2 is 1.70 bits per heavy atom. The Labute approximate surface area is 171 Å². The van der Waals surface area contributed by atoms with Gasteiger partial charge in [0.15, 0.2) is 17.2 Å². The van der Waals surface area contributed by atoms with Crippen LogP contribution in [0.3, 0.4) is 0 Å². The Morgan fingerprint density at radius 3 is 2.37 bits per heavy atom. The van der Waals surface area contributed by atoms with Crippen LogP contribution < -0.4 is 30.3 Å². The largest absolute Gasteiger partial charge is 0.496 e. The molecule has 4 rings (SSSR count). The number of nitrogens with zero attached hydrogens (tertiary/aromatic N) is 1. The van der Waals surface area contributed by atoms with E-state index in [1.807, 2.05) is 0 Å². The maximum atomic E-state index is 13.0. The van der Waals surface area contributed by atoms with E-state index < -0.39 is 11.5 Å². The summed E-state index contributed by atoms with van der Waals surface area (Å²) in [5.41, 5.74) is 6.53. The number of fused-ring (bicyclic) bond motifs is 3. The molecule has 3 aromatic rings. The highest BCUT2D eigenvalue weighted by molar-refractivity contribution is 5.86. The van der Waals surface area contributed by atoms with Gasteiger partial charge in [0.1, 0.15) is 23.0 Å². The molecule has 0 saturated heterocycles. The first-order valence-electron chi connectivity index (χ1n) is 8.97. The number of methoxy groups -OCH3 is 3. The molecule has 2 heterocycles. The molecule has 0 spiro atoms. The molecule has 1 aromatic heterocycles. The van der Waals surface area contributed by atoms with Crippen LogP contribution in [-0.4, -0.2) is 21.3 Å². The standard InChI is InChI=1S/C22H18N2O6/c1-26-15-9-17(28-3)16(27-2)8-12(15)18-13(10-23)21(24)30-20-11-6-4-5-7-14(11)29-22(25)19(18)20/h4-9,18H,24H2,1-3H3. The van der Waals surface area contributed by atoms with Crippen LogP contribution in [0.4, 0.5) is 0 Å². The van der Waals surface area contributed by atoms with Gasteiger partial charge in [0, 0.05) is 11.6 Å². The quantitative estimate of drug-likeness (QED) is 0.657. The van der Waals surface area contributed by atoms with Crippen LogP contribution >= 0.6 is 0 Å². The van der Waals surface area contributed by atoms with Gasteiger partial charge in [-0.15, -0.1) is 0 Å². The number of nitriles is 1. The van der Waals surface area contributed by atoms with Gasteiger partial charge in [-0.3, -0.25) is 0 Å². The lowest BCUT2D eigenvalue weighted by Gasteiger charge is -2.27. The molecule has 152 valence electrons. The fourth-order valence-electron chi connectivity index (χ4n) is 3.66. The number of benzene rings is 2. The summed E-state index contributed by atoms with van der Waals surface area (Å²) in [6.07, 6.45) is 0. The minimum Gasteiger partial charge on any atom is -0.496 e. The summed E-state index contributed by atoms with van der Waals surface area (Å²) in [5, 5.41) is 10.4. The topological polar surface area (TPSA) is 117 Å². The van der Waals surface area contributed by atoms with E-state index in [1.54, 1.807) is 36.4 Å². The normalized spacial score (nSPS) is 15.2. The van der Waals surface area contributed by atoms with Crippen LogP contribution in [0.1, 0.15) is 17.0 Å². The number of hydrogen-bond donors (Lipinski definition) is 1. The molecule has 0 bridgehead atoms. The molecule has 8 heteroatoms. The molecule has 30 heavy (non-hydrogen) atoms. The smallest absolute Gasteiger partial charge is 0.344 e. The molecule has 1 aliphatic heterocycles. The second-order valence-corrected chi connectivity index (χ2v) is 6.50. The first-order valence-corrected chi connectivity index (χ1v) is 8.97. The summed E-state index contributed by atoms with van der Waals surface area (Å²) in [5.74, 6) is 0.504. The van der Waals surface area contributed by atoms with Gasteiger partial charge in [-0.1, -0.05) is 12.1 Å². The summed E-state index contributed by atoms with van der Waals surface area (Å²) in [6, 6.07) is 12.3. The van der Waals surface area contributed by atoms with Crippen molar-refractivity contribution in [3.8, 4) is 29.1 Å². The Bertz CT molecular complexity index is 1290. The molecule has 0 radical (unpaired) electrons. The number of rotatable bonds is 4. The van der Waals surface area contributed by atoms with Gasteiger partial charge in [0.05, 0.1) is 38.2 Å². The van der Waals surface area contributed by atoms with Crippen LogP contribution in [0.5, 0.6) is 23.0 Å². The van der Waals surface area contributed by atoms with E-state index in [1.165, 1.54) is 21.3 Å². The summed E-state index contributed by atoms with van der Waals surface area (Å²) in [4.78, 5) is 13.0. The summed E-state index contributed by atoms with van der Waals surface area (Å²) in [6.45, 7) is 0. The van der Waals surface area contributed by atoms with E-state index in [9.17, 15) is 10.1 Å². The zero-order valence-electron chi connectivity index (χ0n) is 16.5. The number of para-hydroxylation sites is 1. The molecular formula is C22H18N2O6. The summed E-state index contributed by atoms with van der Waals surface area (Å²) >= 11 is 0. The monoisotopic (exact) mass is 406 g/mol. The van der Waals surface area contributed by atoms with E-state index in [0.29, 0.717) is 33.8 Å². The van der Waals surface area contributed by atoms with E-state index >= 15 is 0 Å². The summed E-state index contributed by atoms with van der Waals surface area (Å²) < 4.78 is 27.5. The van der Waals surface area contributed by atoms with Crippen molar-refractivity contribution < 1.29 is 23.4 Å². The molecule has 0 fully saturated rings. The highest BCUT2D eigenvalue weighted by Gasteiger charge is 2.37. The van der Waals surface area contributed by atoms with Crippen molar-refractivity contribution >= 4 is 11.0 Å². The molecule has 0 aliphatic carbocycles. The van der Waals surface area contributed by atoms with Crippen LogP contribution in [0.15, 0.2) is 57.1 Å². The third-order valence-electron chi connectivity index (χ3n) is 5.02. The predicted molar refractivity (Wildman–Crippen MR) is 108 cm³/mol. The molecular weight excluding hydrogens is 388 g/mol. The van der Waals surface area contributed by atoms with Gasteiger partial charge < -0.3 is 29.1 Å². The Kier molecular flexibility index (Phi) is 4.72. The van der Waals surface area contributed by atoms with Crippen LogP contribution in [-0.2, 0) is 0 Å².